The molecule has 8 nitrogen and oxygen atoms in total. The molecule has 0 unspecified atom stereocenters. The highest BCUT2D eigenvalue weighted by Crippen LogP contribution is 2.24. The van der Waals surface area contributed by atoms with Crippen LogP contribution in [-0.4, -0.2) is 45.1 Å². The van der Waals surface area contributed by atoms with Crippen LogP contribution in [0.4, 0.5) is 5.69 Å². The van der Waals surface area contributed by atoms with Crippen molar-refractivity contribution in [2.75, 3.05) is 19.6 Å². The number of carbonyl (C=O) groups excluding carboxylic acids is 1. The molecule has 1 N–H and O–H groups in total. The van der Waals surface area contributed by atoms with Crippen molar-refractivity contribution >= 4 is 11.6 Å². The van der Waals surface area contributed by atoms with Gasteiger partial charge in [0, 0.05) is 69.1 Å². The van der Waals surface area contributed by atoms with Crippen molar-refractivity contribution in [2.24, 2.45) is 7.05 Å². The van der Waals surface area contributed by atoms with Gasteiger partial charge in [0.25, 0.3) is 5.69 Å². The van der Waals surface area contributed by atoms with Gasteiger partial charge in [0.1, 0.15) is 0 Å². The largest absolute Gasteiger partial charge is 0.343 e. The Kier molecular flexibility index (Phi) is 6.18. The Balaban J connectivity index is 1.56. The molecule has 0 bridgehead atoms. The summed E-state index contributed by atoms with van der Waals surface area (Å²) in [5, 5.41) is 18.6. The van der Waals surface area contributed by atoms with Crippen LogP contribution in [0.25, 0.3) is 11.3 Å². The third kappa shape index (κ3) is 4.91. The second kappa shape index (κ2) is 8.77. The van der Waals surface area contributed by atoms with Crippen LogP contribution < -0.4 is 5.32 Å². The number of hydrogen-bond donors (Lipinski definition) is 1. The van der Waals surface area contributed by atoms with Gasteiger partial charge in [0.2, 0.25) is 5.91 Å². The number of nitro groups is 1. The fourth-order valence-electron chi connectivity index (χ4n) is 3.37. The van der Waals surface area contributed by atoms with Crippen molar-refractivity contribution in [3.05, 3.63) is 46.1 Å². The van der Waals surface area contributed by atoms with Crippen molar-refractivity contribution in [1.82, 2.24) is 20.0 Å². The molecule has 1 aliphatic heterocycles. The standard InChI is InChI=1S/C19H25N5O3/c1-22-14-16(13-20-10-9-18(25)23-11-3-2-4-12-23)19(21-22)15-5-7-17(8-6-15)24(26)27/h5-8,14,20H,2-4,9-13H2,1H3. The number of piperidine rings is 1. The maximum absolute atomic E-state index is 12.2. The molecule has 8 heteroatoms. The van der Waals surface area contributed by atoms with E-state index in [0.29, 0.717) is 19.5 Å². The summed E-state index contributed by atoms with van der Waals surface area (Å²) in [6.45, 7) is 2.97. The van der Waals surface area contributed by atoms with Crippen molar-refractivity contribution in [2.45, 2.75) is 32.2 Å². The van der Waals surface area contributed by atoms with Crippen LogP contribution in [0, 0.1) is 10.1 Å². The number of carbonyl (C=O) groups is 1. The average molecular weight is 371 g/mol. The van der Waals surface area contributed by atoms with E-state index in [-0.39, 0.29) is 11.6 Å². The number of nitro benzene ring substituents is 1. The third-order valence-corrected chi connectivity index (χ3v) is 4.80. The summed E-state index contributed by atoms with van der Waals surface area (Å²) in [5.74, 6) is 0.212. The highest BCUT2D eigenvalue weighted by molar-refractivity contribution is 5.76. The summed E-state index contributed by atoms with van der Waals surface area (Å²) < 4.78 is 1.73. The van der Waals surface area contributed by atoms with Gasteiger partial charge in [-0.15, -0.1) is 0 Å². The first-order valence-corrected chi connectivity index (χ1v) is 9.30. The quantitative estimate of drug-likeness (QED) is 0.458. The molecule has 1 amide bonds. The summed E-state index contributed by atoms with van der Waals surface area (Å²) in [6, 6.07) is 6.39. The average Bonchev–Trinajstić information content (AvgIpc) is 3.06. The smallest absolute Gasteiger partial charge is 0.269 e. The molecule has 1 fully saturated rings. The zero-order valence-corrected chi connectivity index (χ0v) is 15.6. The Morgan fingerprint density at radius 2 is 1.93 bits per heavy atom. The summed E-state index contributed by atoms with van der Waals surface area (Å²) in [7, 11) is 1.85. The van der Waals surface area contributed by atoms with Gasteiger partial charge in [0.15, 0.2) is 0 Å². The number of non-ortho nitro benzene ring substituents is 1. The Hall–Kier alpha value is -2.74. The molecule has 1 aliphatic rings. The fraction of sp³-hybridized carbons (Fsp3) is 0.474. The predicted octanol–water partition coefficient (Wildman–Crippen LogP) is 2.49. The van der Waals surface area contributed by atoms with E-state index in [1.54, 1.807) is 16.8 Å². The van der Waals surface area contributed by atoms with Crippen LogP contribution in [0.3, 0.4) is 0 Å². The summed E-state index contributed by atoms with van der Waals surface area (Å²) >= 11 is 0. The zero-order valence-electron chi connectivity index (χ0n) is 15.6. The van der Waals surface area contributed by atoms with E-state index >= 15 is 0 Å². The van der Waals surface area contributed by atoms with Crippen LogP contribution in [0.15, 0.2) is 30.5 Å². The lowest BCUT2D eigenvalue weighted by atomic mass is 10.1. The molecule has 0 saturated carbocycles. The molecule has 2 heterocycles. The van der Waals surface area contributed by atoms with Crippen LogP contribution >= 0.6 is 0 Å². The molecule has 1 saturated heterocycles. The van der Waals surface area contributed by atoms with E-state index in [1.165, 1.54) is 18.6 Å². The van der Waals surface area contributed by atoms with E-state index in [1.807, 2.05) is 18.1 Å². The second-order valence-corrected chi connectivity index (χ2v) is 6.85. The molecule has 0 radical (unpaired) electrons. The van der Waals surface area contributed by atoms with Gasteiger partial charge in [0.05, 0.1) is 10.6 Å². The minimum absolute atomic E-state index is 0.0607. The molecule has 1 aromatic carbocycles. The Morgan fingerprint density at radius 3 is 2.59 bits per heavy atom. The van der Waals surface area contributed by atoms with Gasteiger partial charge in [-0.25, -0.2) is 0 Å². The molecule has 0 spiro atoms. The molecule has 0 aliphatic carbocycles. The number of aromatic nitrogens is 2. The van der Waals surface area contributed by atoms with Crippen molar-refractivity contribution in [3.63, 3.8) is 0 Å². The molecule has 144 valence electrons. The van der Waals surface area contributed by atoms with Crippen LogP contribution in [0.2, 0.25) is 0 Å². The Bertz CT molecular complexity index is 794. The van der Waals surface area contributed by atoms with Gasteiger partial charge in [-0.05, 0) is 31.4 Å². The third-order valence-electron chi connectivity index (χ3n) is 4.80. The molecule has 2 aromatic rings. The molecular weight excluding hydrogens is 346 g/mol. The molecule has 3 rings (SSSR count). The Morgan fingerprint density at radius 1 is 1.22 bits per heavy atom. The molecule has 1 aromatic heterocycles. The summed E-state index contributed by atoms with van der Waals surface area (Å²) in [6.07, 6.45) is 5.85. The topological polar surface area (TPSA) is 93.3 Å². The number of nitrogens with zero attached hydrogens (tertiary/aromatic N) is 4. The van der Waals surface area contributed by atoms with Gasteiger partial charge in [-0.3, -0.25) is 19.6 Å². The lowest BCUT2D eigenvalue weighted by molar-refractivity contribution is -0.384. The monoisotopic (exact) mass is 371 g/mol. The van der Waals surface area contributed by atoms with Gasteiger partial charge in [-0.1, -0.05) is 0 Å². The van der Waals surface area contributed by atoms with E-state index in [2.05, 4.69) is 10.4 Å². The number of rotatable bonds is 7. The van der Waals surface area contributed by atoms with Gasteiger partial charge >= 0.3 is 0 Å². The molecule has 0 atom stereocenters. The second-order valence-electron chi connectivity index (χ2n) is 6.85. The van der Waals surface area contributed by atoms with E-state index in [9.17, 15) is 14.9 Å². The maximum atomic E-state index is 12.2. The minimum atomic E-state index is -0.413. The predicted molar refractivity (Wildman–Crippen MR) is 102 cm³/mol. The lowest BCUT2D eigenvalue weighted by Crippen LogP contribution is -2.37. The first-order chi connectivity index (χ1) is 13.0. The van der Waals surface area contributed by atoms with Crippen molar-refractivity contribution in [3.8, 4) is 11.3 Å². The van der Waals surface area contributed by atoms with E-state index in [0.717, 1.165) is 42.8 Å². The normalized spacial score (nSPS) is 14.3. The van der Waals surface area contributed by atoms with Crippen molar-refractivity contribution < 1.29 is 9.72 Å². The van der Waals surface area contributed by atoms with E-state index in [4.69, 9.17) is 0 Å². The number of nitrogens with one attached hydrogen (secondary N) is 1. The number of benzene rings is 1. The lowest BCUT2D eigenvalue weighted by Gasteiger charge is -2.26. The first kappa shape index (κ1) is 19.0. The van der Waals surface area contributed by atoms with Gasteiger partial charge in [-0.2, -0.15) is 5.10 Å². The minimum Gasteiger partial charge on any atom is -0.343 e. The zero-order chi connectivity index (χ0) is 19.2. The maximum Gasteiger partial charge on any atom is 0.269 e. The highest BCUT2D eigenvalue weighted by Gasteiger charge is 2.16. The number of aryl methyl sites for hydroxylation is 1. The fourth-order valence-corrected chi connectivity index (χ4v) is 3.37. The van der Waals surface area contributed by atoms with Crippen LogP contribution in [0.1, 0.15) is 31.2 Å². The van der Waals surface area contributed by atoms with Crippen LogP contribution in [0.5, 0.6) is 0 Å². The van der Waals surface area contributed by atoms with E-state index < -0.39 is 4.92 Å². The number of hydrogen-bond acceptors (Lipinski definition) is 5. The number of amides is 1. The summed E-state index contributed by atoms with van der Waals surface area (Å²) in [5.41, 5.74) is 2.69. The Labute approximate surface area is 158 Å². The summed E-state index contributed by atoms with van der Waals surface area (Å²) in [4.78, 5) is 24.6. The molecular formula is C19H25N5O3. The highest BCUT2D eigenvalue weighted by atomic mass is 16.6. The first-order valence-electron chi connectivity index (χ1n) is 9.30. The SMILES string of the molecule is Cn1cc(CNCCC(=O)N2CCCCC2)c(-c2ccc([N+](=O)[O-])cc2)n1. The number of likely N-dealkylation sites (tertiary alicyclic amines) is 1. The molecule has 27 heavy (non-hydrogen) atoms. The van der Waals surface area contributed by atoms with Crippen LogP contribution in [-0.2, 0) is 18.4 Å². The van der Waals surface area contributed by atoms with Crippen molar-refractivity contribution in [1.29, 1.82) is 0 Å². The van der Waals surface area contributed by atoms with Gasteiger partial charge < -0.3 is 10.2 Å².